The highest BCUT2D eigenvalue weighted by molar-refractivity contribution is 5.80. The number of pyridine rings is 1. The van der Waals surface area contributed by atoms with Gasteiger partial charge >= 0.3 is 0 Å². The molecule has 0 saturated carbocycles. The maximum atomic E-state index is 6.39. The number of rotatable bonds is 4. The van der Waals surface area contributed by atoms with Gasteiger partial charge in [-0.05, 0) is 36.1 Å². The lowest BCUT2D eigenvalue weighted by Gasteiger charge is -2.31. The van der Waals surface area contributed by atoms with Crippen LogP contribution in [0.5, 0.6) is 0 Å². The van der Waals surface area contributed by atoms with E-state index in [9.17, 15) is 0 Å². The molecular weight excluding hydrogens is 312 g/mol. The molecule has 0 spiro atoms. The van der Waals surface area contributed by atoms with Crippen molar-refractivity contribution in [1.82, 2.24) is 15.0 Å². The Morgan fingerprint density at radius 3 is 2.92 bits per heavy atom. The van der Waals surface area contributed by atoms with E-state index in [0.717, 1.165) is 30.8 Å². The first-order valence-corrected chi connectivity index (χ1v) is 8.41. The lowest BCUT2D eigenvalue weighted by molar-refractivity contribution is 0.759. The third-order valence-electron chi connectivity index (χ3n) is 4.41. The molecule has 0 bridgehead atoms. The summed E-state index contributed by atoms with van der Waals surface area (Å²) in [7, 11) is 0. The molecule has 3 aromatic rings. The summed E-state index contributed by atoms with van der Waals surface area (Å²) >= 11 is 0. The van der Waals surface area contributed by atoms with Crippen LogP contribution in [0.3, 0.4) is 0 Å². The molecule has 1 aliphatic heterocycles. The van der Waals surface area contributed by atoms with Crippen LogP contribution in [0.2, 0.25) is 0 Å². The lowest BCUT2D eigenvalue weighted by Crippen LogP contribution is -2.26. The Balaban J connectivity index is 1.62. The minimum Gasteiger partial charge on any atom is -0.393 e. The first-order valence-electron chi connectivity index (χ1n) is 8.41. The number of nitrogens with one attached hydrogen (secondary N) is 1. The van der Waals surface area contributed by atoms with Crippen molar-refractivity contribution < 1.29 is 0 Å². The topological polar surface area (TPSA) is 80.0 Å². The Labute approximate surface area is 146 Å². The Kier molecular flexibility index (Phi) is 4.16. The molecule has 3 N–H and O–H groups in total. The summed E-state index contributed by atoms with van der Waals surface area (Å²) in [5.74, 6) is 1.41. The van der Waals surface area contributed by atoms with Gasteiger partial charge in [-0.25, -0.2) is 9.97 Å². The van der Waals surface area contributed by atoms with Gasteiger partial charge in [0.25, 0.3) is 0 Å². The van der Waals surface area contributed by atoms with Crippen molar-refractivity contribution in [2.45, 2.75) is 19.4 Å². The van der Waals surface area contributed by atoms with E-state index in [2.05, 4.69) is 49.4 Å². The van der Waals surface area contributed by atoms with Gasteiger partial charge in [0.05, 0.1) is 0 Å². The second-order valence-electron chi connectivity index (χ2n) is 6.06. The number of nitrogens with two attached hydrogens (primary N) is 1. The van der Waals surface area contributed by atoms with Gasteiger partial charge < -0.3 is 16.0 Å². The molecule has 2 aromatic heterocycles. The summed E-state index contributed by atoms with van der Waals surface area (Å²) in [4.78, 5) is 15.1. The van der Waals surface area contributed by atoms with Crippen LogP contribution >= 0.6 is 0 Å². The monoisotopic (exact) mass is 332 g/mol. The number of anilines is 4. The number of hydrogen-bond acceptors (Lipinski definition) is 6. The van der Waals surface area contributed by atoms with Gasteiger partial charge in [0, 0.05) is 31.2 Å². The summed E-state index contributed by atoms with van der Waals surface area (Å²) in [6.07, 6.45) is 7.32. The number of nitrogen functional groups attached to an aromatic ring is 1. The van der Waals surface area contributed by atoms with Crippen LogP contribution in [0.1, 0.15) is 17.5 Å². The number of para-hydroxylation sites is 1. The first kappa shape index (κ1) is 15.4. The normalized spacial score (nSPS) is 13.4. The van der Waals surface area contributed by atoms with Gasteiger partial charge in [-0.2, -0.15) is 0 Å². The quantitative estimate of drug-likeness (QED) is 0.764. The number of nitrogens with zero attached hydrogens (tertiary/aromatic N) is 4. The van der Waals surface area contributed by atoms with Gasteiger partial charge in [-0.15, -0.1) is 0 Å². The van der Waals surface area contributed by atoms with Crippen LogP contribution < -0.4 is 16.0 Å². The molecule has 0 aliphatic carbocycles. The van der Waals surface area contributed by atoms with Crippen LogP contribution in [-0.2, 0) is 13.0 Å². The highest BCUT2D eigenvalue weighted by atomic mass is 15.2. The predicted molar refractivity (Wildman–Crippen MR) is 99.8 cm³/mol. The van der Waals surface area contributed by atoms with Crippen LogP contribution in [-0.4, -0.2) is 21.5 Å². The van der Waals surface area contributed by atoms with Crippen molar-refractivity contribution in [2.24, 2.45) is 0 Å². The molecule has 6 heteroatoms. The third kappa shape index (κ3) is 3.10. The molecule has 126 valence electrons. The zero-order valence-corrected chi connectivity index (χ0v) is 13.9. The molecular formula is C19H20N6. The Bertz CT molecular complexity index is 865. The maximum Gasteiger partial charge on any atom is 0.161 e. The van der Waals surface area contributed by atoms with E-state index >= 15 is 0 Å². The van der Waals surface area contributed by atoms with E-state index in [4.69, 9.17) is 5.73 Å². The van der Waals surface area contributed by atoms with Gasteiger partial charge in [0.1, 0.15) is 12.0 Å². The number of aryl methyl sites for hydroxylation is 1. The van der Waals surface area contributed by atoms with Gasteiger partial charge in [0.2, 0.25) is 0 Å². The average molecular weight is 332 g/mol. The lowest BCUT2D eigenvalue weighted by atomic mass is 10.0. The van der Waals surface area contributed by atoms with Crippen LogP contribution in [0.15, 0.2) is 55.1 Å². The fourth-order valence-electron chi connectivity index (χ4n) is 3.18. The van der Waals surface area contributed by atoms with Crippen LogP contribution in [0.25, 0.3) is 0 Å². The number of hydrogen-bond donors (Lipinski definition) is 2. The third-order valence-corrected chi connectivity index (χ3v) is 4.41. The number of fused-ring (bicyclic) bond motifs is 1. The van der Waals surface area contributed by atoms with E-state index in [1.165, 1.54) is 11.3 Å². The highest BCUT2D eigenvalue weighted by Crippen LogP contribution is 2.36. The Morgan fingerprint density at radius 1 is 1.12 bits per heavy atom. The molecule has 0 fully saturated rings. The summed E-state index contributed by atoms with van der Waals surface area (Å²) in [5.41, 5.74) is 10.5. The summed E-state index contributed by atoms with van der Waals surface area (Å²) < 4.78 is 0. The van der Waals surface area contributed by atoms with Crippen molar-refractivity contribution in [3.05, 3.63) is 66.2 Å². The maximum absolute atomic E-state index is 6.39. The molecule has 4 rings (SSSR count). The molecule has 1 aliphatic rings. The number of benzene rings is 1. The molecule has 0 amide bonds. The molecule has 1 aromatic carbocycles. The van der Waals surface area contributed by atoms with Gasteiger partial charge in [-0.3, -0.25) is 4.98 Å². The van der Waals surface area contributed by atoms with E-state index < -0.39 is 0 Å². The molecule has 25 heavy (non-hydrogen) atoms. The molecule has 0 atom stereocenters. The summed E-state index contributed by atoms with van der Waals surface area (Å²) in [5, 5.41) is 3.29. The second-order valence-corrected chi connectivity index (χ2v) is 6.06. The van der Waals surface area contributed by atoms with Crippen molar-refractivity contribution in [1.29, 1.82) is 0 Å². The second kappa shape index (κ2) is 6.76. The largest absolute Gasteiger partial charge is 0.393 e. The van der Waals surface area contributed by atoms with Crippen molar-refractivity contribution in [3.8, 4) is 0 Å². The van der Waals surface area contributed by atoms with Crippen molar-refractivity contribution in [3.63, 3.8) is 0 Å². The molecule has 0 unspecified atom stereocenters. The molecule has 0 saturated heterocycles. The highest BCUT2D eigenvalue weighted by Gasteiger charge is 2.22. The SMILES string of the molecule is Nc1c(NCc2cccnc2)ncnc1N1CCCc2ccccc21. The zero-order chi connectivity index (χ0) is 17.1. The minimum absolute atomic E-state index is 0.572. The van der Waals surface area contributed by atoms with Gasteiger partial charge in [0.15, 0.2) is 11.6 Å². The van der Waals surface area contributed by atoms with Crippen molar-refractivity contribution in [2.75, 3.05) is 22.5 Å². The molecule has 6 nitrogen and oxygen atoms in total. The van der Waals surface area contributed by atoms with Gasteiger partial charge in [-0.1, -0.05) is 24.3 Å². The van der Waals surface area contributed by atoms with Crippen LogP contribution in [0, 0.1) is 0 Å². The predicted octanol–water partition coefficient (Wildman–Crippen LogP) is 3.15. The van der Waals surface area contributed by atoms with E-state index in [1.54, 1.807) is 12.5 Å². The van der Waals surface area contributed by atoms with E-state index in [0.29, 0.717) is 18.1 Å². The summed E-state index contributed by atoms with van der Waals surface area (Å²) in [6, 6.07) is 12.3. The van der Waals surface area contributed by atoms with E-state index in [-0.39, 0.29) is 0 Å². The summed E-state index contributed by atoms with van der Waals surface area (Å²) in [6.45, 7) is 1.52. The Morgan fingerprint density at radius 2 is 2.04 bits per heavy atom. The van der Waals surface area contributed by atoms with Crippen LogP contribution in [0.4, 0.5) is 23.0 Å². The van der Waals surface area contributed by atoms with E-state index in [1.807, 2.05) is 18.3 Å². The average Bonchev–Trinajstić information content (AvgIpc) is 2.68. The fourth-order valence-corrected chi connectivity index (χ4v) is 3.18. The number of aromatic nitrogens is 3. The fraction of sp³-hybridized carbons (Fsp3) is 0.211. The molecule has 3 heterocycles. The standard InChI is InChI=1S/C19H20N6/c20-17-18(22-12-14-5-3-9-21-11-14)23-13-24-19(17)25-10-4-7-15-6-1-2-8-16(15)25/h1-3,5-6,8-9,11,13H,4,7,10,12,20H2,(H,22,23,24). The van der Waals surface area contributed by atoms with Crippen molar-refractivity contribution >= 4 is 23.0 Å². The minimum atomic E-state index is 0.572. The smallest absolute Gasteiger partial charge is 0.161 e. The first-order chi connectivity index (χ1) is 12.3. The zero-order valence-electron chi connectivity index (χ0n) is 13.9. The molecule has 0 radical (unpaired) electrons. The Hall–Kier alpha value is -3.15.